The minimum Gasteiger partial charge on any atom is -0.254 e. The number of aromatic nitrogens is 2. The van der Waals surface area contributed by atoms with Crippen molar-refractivity contribution in [1.29, 1.82) is 0 Å². The fourth-order valence-electron chi connectivity index (χ4n) is 4.72. The van der Waals surface area contributed by atoms with E-state index >= 15 is 0 Å². The van der Waals surface area contributed by atoms with Gasteiger partial charge in [0.1, 0.15) is 0 Å². The quantitative estimate of drug-likeness (QED) is 0.260. The Balaban J connectivity index is 1.36. The van der Waals surface area contributed by atoms with Gasteiger partial charge in [0.2, 0.25) is 0 Å². The Bertz CT molecular complexity index is 1630. The molecule has 0 fully saturated rings. The smallest absolute Gasteiger partial charge is 0.0974 e. The molecule has 0 aliphatic rings. The summed E-state index contributed by atoms with van der Waals surface area (Å²) in [6, 6.07) is 36.3. The molecule has 0 spiro atoms. The molecule has 2 nitrogen and oxygen atoms in total. The Morgan fingerprint density at radius 3 is 1.59 bits per heavy atom. The van der Waals surface area contributed by atoms with E-state index in [1.807, 2.05) is 18.3 Å². The number of fused-ring (bicyclic) bond motifs is 3. The lowest BCUT2D eigenvalue weighted by Crippen LogP contribution is -1.94. The number of hydrogen-bond acceptors (Lipinski definition) is 2. The fraction of sp³-hybridized carbons (Fsp3) is 0.0625. The van der Waals surface area contributed by atoms with Gasteiger partial charge in [-0.15, -0.1) is 0 Å². The van der Waals surface area contributed by atoms with Gasteiger partial charge in [0.05, 0.1) is 16.7 Å². The van der Waals surface area contributed by atoms with E-state index in [4.69, 9.17) is 4.98 Å². The summed E-state index contributed by atoms with van der Waals surface area (Å²) in [6.45, 7) is 4.33. The molecular formula is C32H24N2. The number of hydrogen-bond donors (Lipinski definition) is 0. The van der Waals surface area contributed by atoms with E-state index in [9.17, 15) is 0 Å². The van der Waals surface area contributed by atoms with E-state index in [2.05, 4.69) is 110 Å². The number of rotatable bonds is 3. The zero-order valence-electron chi connectivity index (χ0n) is 19.3. The zero-order chi connectivity index (χ0) is 23.1. The van der Waals surface area contributed by atoms with Crippen LogP contribution in [-0.4, -0.2) is 9.97 Å². The first-order valence-electron chi connectivity index (χ1n) is 11.6. The number of nitrogens with zero attached hydrogens (tertiary/aromatic N) is 2. The first-order valence-corrected chi connectivity index (χ1v) is 11.6. The van der Waals surface area contributed by atoms with Crippen LogP contribution in [0.5, 0.6) is 0 Å². The predicted octanol–water partition coefficient (Wildman–Crippen LogP) is 8.40. The van der Waals surface area contributed by atoms with E-state index in [0.29, 0.717) is 0 Å². The van der Waals surface area contributed by atoms with Crippen molar-refractivity contribution in [2.45, 2.75) is 13.8 Å². The van der Waals surface area contributed by atoms with Gasteiger partial charge in [-0.1, -0.05) is 91.0 Å². The Kier molecular flexibility index (Phi) is 4.92. The third kappa shape index (κ3) is 3.45. The van der Waals surface area contributed by atoms with Gasteiger partial charge in [-0.2, -0.15) is 0 Å². The third-order valence-corrected chi connectivity index (χ3v) is 6.80. The fourth-order valence-corrected chi connectivity index (χ4v) is 4.72. The summed E-state index contributed by atoms with van der Waals surface area (Å²) in [5, 5.41) is 2.34. The molecule has 6 rings (SSSR count). The highest BCUT2D eigenvalue weighted by Gasteiger charge is 2.12. The molecule has 0 radical (unpaired) electrons. The molecule has 0 saturated heterocycles. The van der Waals surface area contributed by atoms with Gasteiger partial charge in [-0.05, 0) is 59.4 Å². The first-order chi connectivity index (χ1) is 16.7. The summed E-state index contributed by atoms with van der Waals surface area (Å²) in [5.74, 6) is 0. The van der Waals surface area contributed by atoms with Crippen LogP contribution in [0.4, 0.5) is 0 Å². The average Bonchev–Trinajstić information content (AvgIpc) is 2.92. The lowest BCUT2D eigenvalue weighted by atomic mass is 9.97. The van der Waals surface area contributed by atoms with Crippen LogP contribution in [0.1, 0.15) is 11.1 Å². The lowest BCUT2D eigenvalue weighted by Gasteiger charge is -2.12. The van der Waals surface area contributed by atoms with Crippen molar-refractivity contribution in [3.8, 4) is 33.5 Å². The molecule has 2 heterocycles. The van der Waals surface area contributed by atoms with Crippen molar-refractivity contribution in [3.05, 3.63) is 120 Å². The largest absolute Gasteiger partial charge is 0.254 e. The molecule has 34 heavy (non-hydrogen) atoms. The SMILES string of the molecule is Cc1c(C)c2ccc(-c3ccc(-c4ccc(-c5ccccc5)cc4)cc3)nc2c2ncccc12. The van der Waals surface area contributed by atoms with Crippen molar-refractivity contribution in [3.63, 3.8) is 0 Å². The second-order valence-corrected chi connectivity index (χ2v) is 8.76. The Morgan fingerprint density at radius 2 is 0.971 bits per heavy atom. The highest BCUT2D eigenvalue weighted by atomic mass is 14.8. The van der Waals surface area contributed by atoms with Gasteiger partial charge in [-0.3, -0.25) is 4.98 Å². The van der Waals surface area contributed by atoms with E-state index in [-0.39, 0.29) is 0 Å². The molecule has 0 aliphatic carbocycles. The number of pyridine rings is 2. The summed E-state index contributed by atoms with van der Waals surface area (Å²) in [5.41, 5.74) is 11.4. The van der Waals surface area contributed by atoms with Gasteiger partial charge >= 0.3 is 0 Å². The van der Waals surface area contributed by atoms with Crippen molar-refractivity contribution in [2.75, 3.05) is 0 Å². The van der Waals surface area contributed by atoms with Crippen LogP contribution in [0.25, 0.3) is 55.3 Å². The second kappa shape index (κ2) is 8.24. The molecule has 0 atom stereocenters. The summed E-state index contributed by atoms with van der Waals surface area (Å²) in [6.07, 6.45) is 1.85. The van der Waals surface area contributed by atoms with Gasteiger partial charge < -0.3 is 0 Å². The average molecular weight is 437 g/mol. The summed E-state index contributed by atoms with van der Waals surface area (Å²) in [7, 11) is 0. The molecule has 4 aromatic carbocycles. The topological polar surface area (TPSA) is 25.8 Å². The summed E-state index contributed by atoms with van der Waals surface area (Å²) in [4.78, 5) is 9.73. The lowest BCUT2D eigenvalue weighted by molar-refractivity contribution is 1.33. The molecule has 162 valence electrons. The van der Waals surface area contributed by atoms with Crippen LogP contribution in [0.3, 0.4) is 0 Å². The van der Waals surface area contributed by atoms with Crippen LogP contribution in [0.15, 0.2) is 109 Å². The predicted molar refractivity (Wildman–Crippen MR) is 143 cm³/mol. The van der Waals surface area contributed by atoms with Gasteiger partial charge in [0, 0.05) is 22.5 Å². The van der Waals surface area contributed by atoms with Crippen molar-refractivity contribution >= 4 is 21.8 Å². The molecule has 6 aromatic rings. The van der Waals surface area contributed by atoms with Gasteiger partial charge in [-0.25, -0.2) is 4.98 Å². The Labute approximate surface area is 199 Å². The van der Waals surface area contributed by atoms with Crippen LogP contribution in [0.2, 0.25) is 0 Å². The van der Waals surface area contributed by atoms with Crippen LogP contribution < -0.4 is 0 Å². The molecule has 0 unspecified atom stereocenters. The van der Waals surface area contributed by atoms with E-state index in [1.54, 1.807) is 0 Å². The van der Waals surface area contributed by atoms with Crippen molar-refractivity contribution in [2.24, 2.45) is 0 Å². The minimum atomic E-state index is 0.966. The molecule has 2 heteroatoms. The second-order valence-electron chi connectivity index (χ2n) is 8.76. The third-order valence-electron chi connectivity index (χ3n) is 6.80. The van der Waals surface area contributed by atoms with Crippen LogP contribution in [0, 0.1) is 13.8 Å². The standard InChI is InChI=1S/C32H24N2/c1-21-22(2)29-18-19-30(34-32(29)31-28(21)9-6-20-33-31)27-16-14-26(15-17-27)25-12-10-24(11-13-25)23-7-4-3-5-8-23/h3-20H,1-2H3. The first kappa shape index (κ1) is 20.3. The maximum Gasteiger partial charge on any atom is 0.0974 e. The maximum absolute atomic E-state index is 5.06. The molecule has 0 amide bonds. The Morgan fingerprint density at radius 1 is 0.441 bits per heavy atom. The zero-order valence-corrected chi connectivity index (χ0v) is 19.3. The molecule has 0 N–H and O–H groups in total. The van der Waals surface area contributed by atoms with E-state index in [0.717, 1.165) is 22.3 Å². The molecule has 0 saturated carbocycles. The Hall–Kier alpha value is -4.30. The number of aryl methyl sites for hydroxylation is 2. The maximum atomic E-state index is 5.06. The van der Waals surface area contributed by atoms with Crippen molar-refractivity contribution < 1.29 is 0 Å². The minimum absolute atomic E-state index is 0.966. The molecular weight excluding hydrogens is 412 g/mol. The monoisotopic (exact) mass is 436 g/mol. The molecule has 2 aromatic heterocycles. The summed E-state index contributed by atoms with van der Waals surface area (Å²) >= 11 is 0. The van der Waals surface area contributed by atoms with Crippen LogP contribution >= 0.6 is 0 Å². The van der Waals surface area contributed by atoms with Gasteiger partial charge in [0.25, 0.3) is 0 Å². The highest BCUT2D eigenvalue weighted by molar-refractivity contribution is 6.06. The molecule has 0 aliphatic heterocycles. The van der Waals surface area contributed by atoms with E-state index in [1.165, 1.54) is 44.2 Å². The van der Waals surface area contributed by atoms with Gasteiger partial charge in [0.15, 0.2) is 0 Å². The molecule has 0 bridgehead atoms. The van der Waals surface area contributed by atoms with Crippen molar-refractivity contribution in [1.82, 2.24) is 9.97 Å². The normalized spacial score (nSPS) is 11.2. The summed E-state index contributed by atoms with van der Waals surface area (Å²) < 4.78 is 0. The number of benzene rings is 4. The van der Waals surface area contributed by atoms with Crippen LogP contribution in [-0.2, 0) is 0 Å². The van der Waals surface area contributed by atoms with E-state index < -0.39 is 0 Å². The highest BCUT2D eigenvalue weighted by Crippen LogP contribution is 2.32.